The predicted molar refractivity (Wildman–Crippen MR) is 123 cm³/mol. The van der Waals surface area contributed by atoms with E-state index in [4.69, 9.17) is 9.84 Å². The lowest BCUT2D eigenvalue weighted by Gasteiger charge is -2.24. The van der Waals surface area contributed by atoms with Crippen LogP contribution in [0.15, 0.2) is 48.5 Å². The molecule has 0 bridgehead atoms. The number of carbonyl (C=O) groups excluding carboxylic acids is 2. The van der Waals surface area contributed by atoms with Gasteiger partial charge in [-0.25, -0.2) is 9.59 Å². The van der Waals surface area contributed by atoms with Crippen molar-refractivity contribution in [2.75, 3.05) is 19.7 Å². The van der Waals surface area contributed by atoms with Gasteiger partial charge in [-0.2, -0.15) is 0 Å². The average Bonchev–Trinajstić information content (AvgIpc) is 3.11. The number of rotatable bonds is 10. The van der Waals surface area contributed by atoms with Crippen LogP contribution in [-0.4, -0.2) is 54.0 Å². The number of alkyl carbamates (subject to hydrolysis) is 1. The zero-order chi connectivity index (χ0) is 24.0. The molecule has 1 aliphatic rings. The summed E-state index contributed by atoms with van der Waals surface area (Å²) in [7, 11) is 0. The second-order valence-electron chi connectivity index (χ2n) is 8.78. The Hall–Kier alpha value is -3.39. The molecule has 8 heteroatoms. The van der Waals surface area contributed by atoms with Crippen molar-refractivity contribution in [2.24, 2.45) is 5.41 Å². The molecular weight excluding hydrogens is 424 g/mol. The van der Waals surface area contributed by atoms with Crippen LogP contribution in [0.5, 0.6) is 0 Å². The lowest BCUT2D eigenvalue weighted by atomic mass is 9.88. The Balaban J connectivity index is 1.44. The Morgan fingerprint density at radius 1 is 0.970 bits per heavy atom. The summed E-state index contributed by atoms with van der Waals surface area (Å²) in [5, 5.41) is 23.3. The molecule has 1 unspecified atom stereocenters. The molecule has 0 saturated heterocycles. The second kappa shape index (κ2) is 10.5. The minimum atomic E-state index is -1.51. The van der Waals surface area contributed by atoms with Gasteiger partial charge in [0.05, 0.1) is 0 Å². The fraction of sp³-hybridized carbons (Fsp3) is 0.400. The smallest absolute Gasteiger partial charge is 0.407 e. The summed E-state index contributed by atoms with van der Waals surface area (Å²) < 4.78 is 5.49. The normalized spacial score (nSPS) is 13.5. The molecule has 0 aromatic heterocycles. The van der Waals surface area contributed by atoms with E-state index in [1.54, 1.807) is 13.8 Å². The van der Waals surface area contributed by atoms with Crippen molar-refractivity contribution in [3.8, 4) is 11.1 Å². The second-order valence-corrected chi connectivity index (χ2v) is 8.78. The maximum Gasteiger partial charge on any atom is 0.407 e. The van der Waals surface area contributed by atoms with Crippen LogP contribution < -0.4 is 10.6 Å². The van der Waals surface area contributed by atoms with E-state index in [1.807, 2.05) is 24.3 Å². The third-order valence-electron chi connectivity index (χ3n) is 5.97. The van der Waals surface area contributed by atoms with Crippen molar-refractivity contribution < 1.29 is 29.3 Å². The Morgan fingerprint density at radius 2 is 1.55 bits per heavy atom. The van der Waals surface area contributed by atoms with Crippen molar-refractivity contribution in [1.29, 1.82) is 0 Å². The van der Waals surface area contributed by atoms with E-state index in [2.05, 4.69) is 34.9 Å². The number of aliphatic carboxylic acids is 1. The van der Waals surface area contributed by atoms with Crippen molar-refractivity contribution in [3.63, 3.8) is 0 Å². The third-order valence-corrected chi connectivity index (χ3v) is 5.97. The number of nitrogens with one attached hydrogen (secondary N) is 2. The van der Waals surface area contributed by atoms with Gasteiger partial charge in [0.25, 0.3) is 0 Å². The minimum absolute atomic E-state index is 0.0217. The fourth-order valence-electron chi connectivity index (χ4n) is 3.93. The Bertz CT molecular complexity index is 974. The van der Waals surface area contributed by atoms with E-state index in [9.17, 15) is 19.5 Å². The summed E-state index contributed by atoms with van der Waals surface area (Å²) in [5.74, 6) is -1.63. The molecule has 2 aromatic rings. The number of aliphatic hydroxyl groups excluding tert-OH is 1. The lowest BCUT2D eigenvalue weighted by molar-refractivity contribution is -0.147. The molecule has 3 rings (SSSR count). The molecule has 1 aliphatic carbocycles. The van der Waals surface area contributed by atoms with Crippen LogP contribution in [0.4, 0.5) is 4.79 Å². The highest BCUT2D eigenvalue weighted by Crippen LogP contribution is 2.44. The molecular formula is C25H30N2O6. The first kappa shape index (κ1) is 24.3. The number of benzene rings is 2. The van der Waals surface area contributed by atoms with Crippen LogP contribution in [0.3, 0.4) is 0 Å². The summed E-state index contributed by atoms with van der Waals surface area (Å²) in [6, 6.07) is 16.2. The van der Waals surface area contributed by atoms with Gasteiger partial charge >= 0.3 is 12.1 Å². The number of hydrogen-bond acceptors (Lipinski definition) is 5. The van der Waals surface area contributed by atoms with Gasteiger partial charge in [-0.3, -0.25) is 4.79 Å². The van der Waals surface area contributed by atoms with Crippen LogP contribution in [0.25, 0.3) is 11.1 Å². The van der Waals surface area contributed by atoms with Crippen LogP contribution in [0.1, 0.15) is 43.7 Å². The van der Waals surface area contributed by atoms with Crippen LogP contribution in [0, 0.1) is 5.41 Å². The van der Waals surface area contributed by atoms with Crippen molar-refractivity contribution >= 4 is 18.0 Å². The first-order valence-corrected chi connectivity index (χ1v) is 11.0. The molecule has 0 aliphatic heterocycles. The number of ether oxygens (including phenoxy) is 1. The molecule has 0 radical (unpaired) electrons. The lowest BCUT2D eigenvalue weighted by Crippen LogP contribution is -2.41. The third kappa shape index (κ3) is 5.90. The molecule has 2 amide bonds. The van der Waals surface area contributed by atoms with Gasteiger partial charge in [-0.05, 0) is 28.7 Å². The molecule has 1 atom stereocenters. The number of carboxylic acids is 1. The van der Waals surface area contributed by atoms with Gasteiger partial charge < -0.3 is 25.6 Å². The maximum absolute atomic E-state index is 12.3. The number of hydrogen-bond donors (Lipinski definition) is 4. The first-order chi connectivity index (χ1) is 15.7. The number of aliphatic hydroxyl groups is 1. The fourth-order valence-corrected chi connectivity index (χ4v) is 3.93. The predicted octanol–water partition coefficient (Wildman–Crippen LogP) is 2.89. The zero-order valence-corrected chi connectivity index (χ0v) is 18.8. The van der Waals surface area contributed by atoms with E-state index in [-0.39, 0.29) is 37.9 Å². The summed E-state index contributed by atoms with van der Waals surface area (Å²) in [6.45, 7) is 3.98. The van der Waals surface area contributed by atoms with E-state index in [1.165, 1.54) is 0 Å². The zero-order valence-electron chi connectivity index (χ0n) is 18.8. The van der Waals surface area contributed by atoms with E-state index in [0.717, 1.165) is 22.3 Å². The SMILES string of the molecule is CC(C)(CCNC(=O)OCC1c2ccccc2-c2ccccc21)C(=O)NCCC(O)C(=O)O. The average molecular weight is 455 g/mol. The summed E-state index contributed by atoms with van der Waals surface area (Å²) in [4.78, 5) is 35.2. The highest BCUT2D eigenvalue weighted by molar-refractivity contribution is 5.82. The topological polar surface area (TPSA) is 125 Å². The molecule has 0 saturated carbocycles. The molecule has 33 heavy (non-hydrogen) atoms. The van der Waals surface area contributed by atoms with E-state index < -0.39 is 23.6 Å². The Labute approximate surface area is 193 Å². The standard InChI is InChI=1S/C25H30N2O6/c1-25(2,23(31)26-13-11-21(28)22(29)30)12-14-27-24(32)33-15-20-18-9-5-3-7-16(18)17-8-4-6-10-19(17)20/h3-10,20-21,28H,11-15H2,1-2H3,(H,26,31)(H,27,32)(H,29,30). The molecule has 0 spiro atoms. The first-order valence-electron chi connectivity index (χ1n) is 11.0. The number of carboxylic acid groups (broad SMARTS) is 1. The molecule has 0 heterocycles. The summed E-state index contributed by atoms with van der Waals surface area (Å²) >= 11 is 0. The van der Waals surface area contributed by atoms with Gasteiger partial charge in [0.1, 0.15) is 6.61 Å². The van der Waals surface area contributed by atoms with Crippen LogP contribution in [-0.2, 0) is 14.3 Å². The highest BCUT2D eigenvalue weighted by Gasteiger charge is 2.30. The number of carbonyl (C=O) groups is 3. The van der Waals surface area contributed by atoms with Crippen LogP contribution in [0.2, 0.25) is 0 Å². The summed E-state index contributed by atoms with van der Waals surface area (Å²) in [6.07, 6.45) is -1.76. The molecule has 4 N–H and O–H groups in total. The number of fused-ring (bicyclic) bond motifs is 3. The molecule has 2 aromatic carbocycles. The van der Waals surface area contributed by atoms with Crippen molar-refractivity contribution in [2.45, 2.75) is 38.7 Å². The van der Waals surface area contributed by atoms with Gasteiger partial charge in [-0.1, -0.05) is 62.4 Å². The molecule has 0 fully saturated rings. The molecule has 8 nitrogen and oxygen atoms in total. The molecule has 176 valence electrons. The summed E-state index contributed by atoms with van der Waals surface area (Å²) in [5.41, 5.74) is 3.80. The van der Waals surface area contributed by atoms with E-state index >= 15 is 0 Å². The van der Waals surface area contributed by atoms with Gasteiger partial charge in [0, 0.05) is 30.8 Å². The largest absolute Gasteiger partial charge is 0.479 e. The van der Waals surface area contributed by atoms with Crippen LogP contribution >= 0.6 is 0 Å². The highest BCUT2D eigenvalue weighted by atomic mass is 16.5. The van der Waals surface area contributed by atoms with Crippen molar-refractivity contribution in [3.05, 3.63) is 59.7 Å². The maximum atomic E-state index is 12.3. The Morgan fingerprint density at radius 3 is 2.12 bits per heavy atom. The monoisotopic (exact) mass is 454 g/mol. The van der Waals surface area contributed by atoms with Gasteiger partial charge in [0.15, 0.2) is 6.10 Å². The number of amides is 2. The van der Waals surface area contributed by atoms with Crippen molar-refractivity contribution in [1.82, 2.24) is 10.6 Å². The van der Waals surface area contributed by atoms with Gasteiger partial charge in [0.2, 0.25) is 5.91 Å². The van der Waals surface area contributed by atoms with E-state index in [0.29, 0.717) is 6.42 Å². The Kier molecular flexibility index (Phi) is 7.71. The van der Waals surface area contributed by atoms with Gasteiger partial charge in [-0.15, -0.1) is 0 Å². The minimum Gasteiger partial charge on any atom is -0.479 e. The quantitative estimate of drug-likeness (QED) is 0.438.